The first kappa shape index (κ1) is 25.8. The predicted molar refractivity (Wildman–Crippen MR) is 144 cm³/mol. The van der Waals surface area contributed by atoms with E-state index in [0.29, 0.717) is 19.5 Å². The molecule has 36 heavy (non-hydrogen) atoms. The third-order valence-corrected chi connectivity index (χ3v) is 7.85. The Bertz CT molecular complexity index is 1250. The molecule has 1 saturated heterocycles. The first-order valence-electron chi connectivity index (χ1n) is 12.3. The van der Waals surface area contributed by atoms with Gasteiger partial charge in [-0.2, -0.15) is 4.72 Å². The Hall–Kier alpha value is -3.26. The van der Waals surface area contributed by atoms with E-state index >= 15 is 0 Å². The van der Waals surface area contributed by atoms with Gasteiger partial charge in [0.25, 0.3) is 0 Å². The quantitative estimate of drug-likeness (QED) is 0.483. The van der Waals surface area contributed by atoms with E-state index in [1.807, 2.05) is 55.5 Å². The summed E-state index contributed by atoms with van der Waals surface area (Å²) in [5, 5.41) is 0. The van der Waals surface area contributed by atoms with E-state index in [-0.39, 0.29) is 10.8 Å². The highest BCUT2D eigenvalue weighted by Gasteiger charge is 2.31. The SMILES string of the molecule is Cc1ccc(S(=O)(=O)N[C@@H](Cc2ccccc2)C(=O)N2CCN(C/C=C/c3ccccc3)CC2)cc1. The van der Waals surface area contributed by atoms with Crippen LogP contribution in [-0.4, -0.2) is 62.9 Å². The molecule has 7 heteroatoms. The molecule has 1 aliphatic rings. The lowest BCUT2D eigenvalue weighted by Gasteiger charge is -2.36. The van der Waals surface area contributed by atoms with E-state index in [1.54, 1.807) is 29.2 Å². The summed E-state index contributed by atoms with van der Waals surface area (Å²) in [4.78, 5) is 17.8. The number of sulfonamides is 1. The van der Waals surface area contributed by atoms with Crippen LogP contribution in [0, 0.1) is 6.92 Å². The van der Waals surface area contributed by atoms with Gasteiger partial charge in [-0.25, -0.2) is 8.42 Å². The van der Waals surface area contributed by atoms with E-state index in [9.17, 15) is 13.2 Å². The summed E-state index contributed by atoms with van der Waals surface area (Å²) < 4.78 is 28.9. The van der Waals surface area contributed by atoms with Gasteiger partial charge in [0.2, 0.25) is 15.9 Å². The van der Waals surface area contributed by atoms with Crippen LogP contribution in [0.4, 0.5) is 0 Å². The van der Waals surface area contributed by atoms with Crippen LogP contribution in [-0.2, 0) is 21.2 Å². The topological polar surface area (TPSA) is 69.7 Å². The second-order valence-electron chi connectivity index (χ2n) is 9.12. The van der Waals surface area contributed by atoms with Gasteiger partial charge in [-0.05, 0) is 36.6 Å². The number of nitrogens with zero attached hydrogens (tertiary/aromatic N) is 2. The van der Waals surface area contributed by atoms with Crippen molar-refractivity contribution in [2.75, 3.05) is 32.7 Å². The Kier molecular flexibility index (Phi) is 8.70. The van der Waals surface area contributed by atoms with Crippen molar-refractivity contribution < 1.29 is 13.2 Å². The Morgan fingerprint density at radius 1 is 0.889 bits per heavy atom. The number of carbonyl (C=O) groups excluding carboxylic acids is 1. The lowest BCUT2D eigenvalue weighted by Crippen LogP contribution is -2.55. The third-order valence-electron chi connectivity index (χ3n) is 6.37. The Morgan fingerprint density at radius 3 is 2.14 bits per heavy atom. The zero-order valence-electron chi connectivity index (χ0n) is 20.6. The Labute approximate surface area is 214 Å². The molecule has 0 unspecified atom stereocenters. The summed E-state index contributed by atoms with van der Waals surface area (Å²) >= 11 is 0. The Morgan fingerprint density at radius 2 is 1.50 bits per heavy atom. The molecule has 1 fully saturated rings. The number of nitrogens with one attached hydrogen (secondary N) is 1. The van der Waals surface area contributed by atoms with Crippen molar-refractivity contribution in [1.29, 1.82) is 0 Å². The van der Waals surface area contributed by atoms with Gasteiger partial charge in [-0.3, -0.25) is 9.69 Å². The lowest BCUT2D eigenvalue weighted by molar-refractivity contribution is -0.134. The average molecular weight is 504 g/mol. The summed E-state index contributed by atoms with van der Waals surface area (Å²) in [5.74, 6) is -0.186. The molecule has 1 amide bonds. The third kappa shape index (κ3) is 7.13. The summed E-state index contributed by atoms with van der Waals surface area (Å²) in [6.07, 6.45) is 4.54. The van der Waals surface area contributed by atoms with E-state index in [0.717, 1.165) is 36.3 Å². The molecule has 0 aliphatic carbocycles. The number of benzene rings is 3. The van der Waals surface area contributed by atoms with Gasteiger partial charge < -0.3 is 4.90 Å². The van der Waals surface area contributed by atoms with Crippen LogP contribution in [0.5, 0.6) is 0 Å². The van der Waals surface area contributed by atoms with E-state index in [4.69, 9.17) is 0 Å². The molecule has 6 nitrogen and oxygen atoms in total. The molecule has 4 rings (SSSR count). The van der Waals surface area contributed by atoms with Crippen LogP contribution >= 0.6 is 0 Å². The van der Waals surface area contributed by atoms with Crippen LogP contribution in [0.2, 0.25) is 0 Å². The van der Waals surface area contributed by atoms with Crippen LogP contribution in [0.15, 0.2) is 95.9 Å². The van der Waals surface area contributed by atoms with Crippen molar-refractivity contribution in [1.82, 2.24) is 14.5 Å². The predicted octanol–water partition coefficient (Wildman–Crippen LogP) is 3.74. The fraction of sp³-hybridized carbons (Fsp3) is 0.276. The summed E-state index contributed by atoms with van der Waals surface area (Å²) in [5.41, 5.74) is 3.05. The first-order chi connectivity index (χ1) is 17.4. The molecule has 188 valence electrons. The normalized spacial score (nSPS) is 15.8. The molecule has 0 saturated carbocycles. The van der Waals surface area contributed by atoms with Crippen molar-refractivity contribution in [3.8, 4) is 0 Å². The molecule has 3 aromatic rings. The molecular formula is C29H33N3O3S. The Balaban J connectivity index is 1.41. The number of rotatable bonds is 9. The number of amides is 1. The van der Waals surface area contributed by atoms with Gasteiger partial charge in [0, 0.05) is 32.7 Å². The fourth-order valence-electron chi connectivity index (χ4n) is 4.28. The highest BCUT2D eigenvalue weighted by molar-refractivity contribution is 7.89. The zero-order chi connectivity index (χ0) is 25.4. The molecule has 0 spiro atoms. The summed E-state index contributed by atoms with van der Waals surface area (Å²) in [7, 11) is -3.85. The maximum absolute atomic E-state index is 13.5. The number of hydrogen-bond donors (Lipinski definition) is 1. The van der Waals surface area contributed by atoms with Crippen LogP contribution < -0.4 is 4.72 Å². The smallest absolute Gasteiger partial charge is 0.241 e. The monoisotopic (exact) mass is 503 g/mol. The fourth-order valence-corrected chi connectivity index (χ4v) is 5.46. The molecular weight excluding hydrogens is 470 g/mol. The largest absolute Gasteiger partial charge is 0.339 e. The van der Waals surface area contributed by atoms with Crippen LogP contribution in [0.3, 0.4) is 0 Å². The van der Waals surface area contributed by atoms with Crippen molar-refractivity contribution in [2.24, 2.45) is 0 Å². The number of carbonyl (C=O) groups is 1. The minimum Gasteiger partial charge on any atom is -0.339 e. The average Bonchev–Trinajstić information content (AvgIpc) is 2.90. The van der Waals surface area contributed by atoms with Gasteiger partial charge in [0.1, 0.15) is 6.04 Å². The van der Waals surface area contributed by atoms with Crippen molar-refractivity contribution in [2.45, 2.75) is 24.3 Å². The van der Waals surface area contributed by atoms with Gasteiger partial charge in [0.15, 0.2) is 0 Å². The second-order valence-corrected chi connectivity index (χ2v) is 10.8. The van der Waals surface area contributed by atoms with Crippen molar-refractivity contribution in [3.05, 3.63) is 108 Å². The molecule has 0 aromatic heterocycles. The molecule has 1 atom stereocenters. The lowest BCUT2D eigenvalue weighted by atomic mass is 10.1. The molecule has 0 bridgehead atoms. The molecule has 1 heterocycles. The van der Waals surface area contributed by atoms with Crippen molar-refractivity contribution in [3.63, 3.8) is 0 Å². The molecule has 0 radical (unpaired) electrons. The van der Waals surface area contributed by atoms with E-state index < -0.39 is 16.1 Å². The summed E-state index contributed by atoms with van der Waals surface area (Å²) in [6, 6.07) is 25.5. The van der Waals surface area contributed by atoms with Crippen LogP contribution in [0.25, 0.3) is 6.08 Å². The van der Waals surface area contributed by atoms with Gasteiger partial charge in [-0.1, -0.05) is 90.5 Å². The highest BCUT2D eigenvalue weighted by atomic mass is 32.2. The molecule has 1 aliphatic heterocycles. The van der Waals surface area contributed by atoms with Gasteiger partial charge in [-0.15, -0.1) is 0 Å². The summed E-state index contributed by atoms with van der Waals surface area (Å²) in [6.45, 7) is 5.33. The van der Waals surface area contributed by atoms with E-state index in [1.165, 1.54) is 0 Å². The van der Waals surface area contributed by atoms with Gasteiger partial charge >= 0.3 is 0 Å². The maximum Gasteiger partial charge on any atom is 0.241 e. The highest BCUT2D eigenvalue weighted by Crippen LogP contribution is 2.15. The van der Waals surface area contributed by atoms with Gasteiger partial charge in [0.05, 0.1) is 4.90 Å². The maximum atomic E-state index is 13.5. The minimum absolute atomic E-state index is 0.161. The zero-order valence-corrected chi connectivity index (χ0v) is 21.4. The minimum atomic E-state index is -3.85. The van der Waals surface area contributed by atoms with Crippen LogP contribution in [0.1, 0.15) is 16.7 Å². The standard InChI is InChI=1S/C29H33N3O3S/c1-24-14-16-27(17-15-24)36(34,35)30-28(23-26-11-6-3-7-12-26)29(33)32-21-19-31(20-22-32)18-8-13-25-9-4-2-5-10-25/h2-17,28,30H,18-23H2,1H3/b13-8+/t28-/m0/s1. The van der Waals surface area contributed by atoms with Crippen molar-refractivity contribution >= 4 is 22.0 Å². The molecule has 3 aromatic carbocycles. The second kappa shape index (κ2) is 12.1. The number of hydrogen-bond acceptors (Lipinski definition) is 4. The van der Waals surface area contributed by atoms with E-state index in [2.05, 4.69) is 33.9 Å². The number of aryl methyl sites for hydroxylation is 1. The molecule has 1 N–H and O–H groups in total. The number of piperazine rings is 1. The first-order valence-corrected chi connectivity index (χ1v) is 13.7.